The molecule has 0 radical (unpaired) electrons. The van der Waals surface area contributed by atoms with Crippen molar-refractivity contribution in [1.82, 2.24) is 14.7 Å². The van der Waals surface area contributed by atoms with Gasteiger partial charge in [0.2, 0.25) is 10.0 Å². The van der Waals surface area contributed by atoms with E-state index in [0.717, 1.165) is 11.8 Å². The van der Waals surface area contributed by atoms with Crippen LogP contribution in [0.2, 0.25) is 5.02 Å². The van der Waals surface area contributed by atoms with Crippen LogP contribution in [0.25, 0.3) is 0 Å². The van der Waals surface area contributed by atoms with Gasteiger partial charge in [0, 0.05) is 22.5 Å². The van der Waals surface area contributed by atoms with Gasteiger partial charge in [-0.05, 0) is 49.5 Å². The Morgan fingerprint density at radius 1 is 0.926 bits per heavy atom. The lowest BCUT2D eigenvalue weighted by Crippen LogP contribution is -2.20. The van der Waals surface area contributed by atoms with Crippen LogP contribution < -0.4 is 15.4 Å². The van der Waals surface area contributed by atoms with Crippen LogP contribution in [0, 0.1) is 5.82 Å². The Balaban J connectivity index is 1.82. The Morgan fingerprint density at radius 3 is 2.15 bits per heavy atom. The lowest BCUT2D eigenvalue weighted by molar-refractivity contribution is 0.562. The first-order valence-electron chi connectivity index (χ1n) is 7.72. The summed E-state index contributed by atoms with van der Waals surface area (Å²) in [5.74, 6) is 0.0727. The number of nitrogens with one attached hydrogen (secondary N) is 3. The fraction of sp³-hybridized carbons (Fsp3) is 0.0588. The molecular formula is C17H15ClFN5O2S. The van der Waals surface area contributed by atoms with Gasteiger partial charge < -0.3 is 10.6 Å². The zero-order valence-electron chi connectivity index (χ0n) is 14.1. The van der Waals surface area contributed by atoms with Gasteiger partial charge in [0.05, 0.1) is 0 Å². The lowest BCUT2D eigenvalue weighted by atomic mass is 10.3. The summed E-state index contributed by atoms with van der Waals surface area (Å²) >= 11 is 5.86. The molecule has 0 saturated heterocycles. The standard InChI is InChI=1S/C17H15ClFN5O2S/c1-20-27(25,26)15-8-13(6-7-14(15)19)24-17-9-16(21-10-22-17)23-12-4-2-11(18)3-5-12/h2-10,20H,1H3,(H2,21,22,23,24). The maximum atomic E-state index is 13.8. The molecule has 0 aliphatic carbocycles. The molecule has 10 heteroatoms. The van der Waals surface area contributed by atoms with E-state index >= 15 is 0 Å². The highest BCUT2D eigenvalue weighted by atomic mass is 35.5. The monoisotopic (exact) mass is 407 g/mol. The van der Waals surface area contributed by atoms with E-state index in [2.05, 4.69) is 25.3 Å². The molecule has 0 aliphatic heterocycles. The molecule has 0 amide bonds. The third-order valence-corrected chi connectivity index (χ3v) is 5.23. The maximum Gasteiger partial charge on any atom is 0.243 e. The van der Waals surface area contributed by atoms with Gasteiger partial charge in [-0.2, -0.15) is 0 Å². The molecule has 3 N–H and O–H groups in total. The van der Waals surface area contributed by atoms with Gasteiger partial charge >= 0.3 is 0 Å². The topological polar surface area (TPSA) is 96.0 Å². The third kappa shape index (κ3) is 4.70. The van der Waals surface area contributed by atoms with E-state index in [-0.39, 0.29) is 0 Å². The Labute approximate surface area is 160 Å². The average molecular weight is 408 g/mol. The number of hydrogen-bond donors (Lipinski definition) is 3. The van der Waals surface area contributed by atoms with Gasteiger partial charge in [-0.3, -0.25) is 0 Å². The summed E-state index contributed by atoms with van der Waals surface area (Å²) in [7, 11) is -2.70. The van der Waals surface area contributed by atoms with Crippen molar-refractivity contribution in [2.45, 2.75) is 4.90 Å². The fourth-order valence-electron chi connectivity index (χ4n) is 2.22. The van der Waals surface area contributed by atoms with Gasteiger partial charge in [0.1, 0.15) is 28.7 Å². The summed E-state index contributed by atoms with van der Waals surface area (Å²) in [6.45, 7) is 0. The second-order valence-electron chi connectivity index (χ2n) is 5.40. The highest BCUT2D eigenvalue weighted by Crippen LogP contribution is 2.23. The normalized spacial score (nSPS) is 11.2. The number of rotatable bonds is 6. The number of aromatic nitrogens is 2. The molecular weight excluding hydrogens is 393 g/mol. The van der Waals surface area contributed by atoms with E-state index in [9.17, 15) is 12.8 Å². The van der Waals surface area contributed by atoms with Crippen LogP contribution >= 0.6 is 11.6 Å². The van der Waals surface area contributed by atoms with Gasteiger partial charge in [0.15, 0.2) is 0 Å². The number of nitrogens with zero attached hydrogens (tertiary/aromatic N) is 2. The van der Waals surface area contributed by atoms with Crippen LogP contribution in [0.15, 0.2) is 59.8 Å². The van der Waals surface area contributed by atoms with E-state index < -0.39 is 20.7 Å². The second-order valence-corrected chi connectivity index (χ2v) is 7.69. The molecule has 1 heterocycles. The molecule has 0 bridgehead atoms. The first kappa shape index (κ1) is 19.0. The van der Waals surface area contributed by atoms with Gasteiger partial charge in [-0.1, -0.05) is 11.6 Å². The molecule has 27 heavy (non-hydrogen) atoms. The first-order valence-corrected chi connectivity index (χ1v) is 9.58. The van der Waals surface area contributed by atoms with Crippen molar-refractivity contribution in [3.63, 3.8) is 0 Å². The summed E-state index contributed by atoms with van der Waals surface area (Å²) in [5, 5.41) is 6.65. The first-order chi connectivity index (χ1) is 12.9. The van der Waals surface area contributed by atoms with Crippen molar-refractivity contribution >= 4 is 44.6 Å². The molecule has 0 aliphatic rings. The molecule has 3 aromatic rings. The molecule has 0 unspecified atom stereocenters. The number of halogens is 2. The van der Waals surface area contributed by atoms with E-state index in [1.54, 1.807) is 30.3 Å². The van der Waals surface area contributed by atoms with Crippen LogP contribution in [0.1, 0.15) is 0 Å². The molecule has 2 aromatic carbocycles. The molecule has 0 saturated carbocycles. The van der Waals surface area contributed by atoms with Crippen LogP contribution in [-0.4, -0.2) is 25.4 Å². The van der Waals surface area contributed by atoms with Crippen LogP contribution in [0.4, 0.5) is 27.4 Å². The highest BCUT2D eigenvalue weighted by molar-refractivity contribution is 7.89. The Bertz CT molecular complexity index is 1060. The average Bonchev–Trinajstić information content (AvgIpc) is 2.65. The Kier molecular flexibility index (Phi) is 5.54. The molecule has 0 spiro atoms. The van der Waals surface area contributed by atoms with E-state index in [1.807, 2.05) is 0 Å². The van der Waals surface area contributed by atoms with E-state index in [0.29, 0.717) is 22.3 Å². The minimum absolute atomic E-state index is 0.362. The van der Waals surface area contributed by atoms with Crippen molar-refractivity contribution in [2.24, 2.45) is 0 Å². The number of anilines is 4. The van der Waals surface area contributed by atoms with Crippen molar-refractivity contribution in [3.8, 4) is 0 Å². The molecule has 7 nitrogen and oxygen atoms in total. The van der Waals surface area contributed by atoms with E-state index in [1.165, 1.54) is 25.5 Å². The minimum Gasteiger partial charge on any atom is -0.340 e. The molecule has 3 rings (SSSR count). The Morgan fingerprint density at radius 2 is 1.52 bits per heavy atom. The molecule has 1 aromatic heterocycles. The predicted octanol–water partition coefficient (Wildman–Crippen LogP) is 3.66. The summed E-state index contributed by atoms with van der Waals surface area (Å²) < 4.78 is 39.7. The van der Waals surface area contributed by atoms with Crippen LogP contribution in [-0.2, 0) is 10.0 Å². The molecule has 0 atom stereocenters. The van der Waals surface area contributed by atoms with Crippen molar-refractivity contribution in [3.05, 3.63) is 65.7 Å². The van der Waals surface area contributed by atoms with Crippen LogP contribution in [0.5, 0.6) is 0 Å². The quantitative estimate of drug-likeness (QED) is 0.577. The van der Waals surface area contributed by atoms with Gasteiger partial charge in [0.25, 0.3) is 0 Å². The van der Waals surface area contributed by atoms with Crippen molar-refractivity contribution in [1.29, 1.82) is 0 Å². The van der Waals surface area contributed by atoms with Gasteiger partial charge in [-0.25, -0.2) is 27.5 Å². The number of benzene rings is 2. The smallest absolute Gasteiger partial charge is 0.243 e. The lowest BCUT2D eigenvalue weighted by Gasteiger charge is -2.10. The highest BCUT2D eigenvalue weighted by Gasteiger charge is 2.17. The summed E-state index contributed by atoms with van der Waals surface area (Å²) in [5.41, 5.74) is 1.15. The van der Waals surface area contributed by atoms with E-state index in [4.69, 9.17) is 11.6 Å². The third-order valence-electron chi connectivity index (χ3n) is 3.55. The zero-order valence-corrected chi connectivity index (χ0v) is 15.6. The SMILES string of the molecule is CNS(=O)(=O)c1cc(Nc2cc(Nc3ccc(Cl)cc3)ncn2)ccc1F. The zero-order chi connectivity index (χ0) is 19.4. The van der Waals surface area contributed by atoms with Crippen molar-refractivity contribution < 1.29 is 12.8 Å². The molecule has 140 valence electrons. The van der Waals surface area contributed by atoms with Crippen LogP contribution in [0.3, 0.4) is 0 Å². The predicted molar refractivity (Wildman–Crippen MR) is 103 cm³/mol. The summed E-state index contributed by atoms with van der Waals surface area (Å²) in [6, 6.07) is 12.4. The largest absolute Gasteiger partial charge is 0.340 e. The van der Waals surface area contributed by atoms with Crippen molar-refractivity contribution in [2.75, 3.05) is 17.7 Å². The maximum absolute atomic E-state index is 13.8. The second kappa shape index (κ2) is 7.87. The number of hydrogen-bond acceptors (Lipinski definition) is 6. The molecule has 0 fully saturated rings. The number of sulfonamides is 1. The summed E-state index contributed by atoms with van der Waals surface area (Å²) in [4.78, 5) is 7.75. The fourth-order valence-corrected chi connectivity index (χ4v) is 3.17. The Hall–Kier alpha value is -2.75. The van der Waals surface area contributed by atoms with Gasteiger partial charge in [-0.15, -0.1) is 0 Å². The minimum atomic E-state index is -3.92. The summed E-state index contributed by atoms with van der Waals surface area (Å²) in [6.07, 6.45) is 1.34.